The van der Waals surface area contributed by atoms with Gasteiger partial charge in [0, 0.05) is 31.0 Å². The van der Waals surface area contributed by atoms with Crippen molar-refractivity contribution in [1.82, 2.24) is 10.2 Å². The van der Waals surface area contributed by atoms with Crippen molar-refractivity contribution in [3.63, 3.8) is 0 Å². The number of unbranched alkanes of at least 4 members (excludes halogenated alkanes) is 1. The van der Waals surface area contributed by atoms with Crippen LogP contribution in [-0.2, 0) is 29.0 Å². The van der Waals surface area contributed by atoms with Gasteiger partial charge in [0.1, 0.15) is 6.04 Å². The zero-order valence-corrected chi connectivity index (χ0v) is 23.2. The van der Waals surface area contributed by atoms with Crippen LogP contribution >= 0.6 is 11.6 Å². The fraction of sp³-hybridized carbons (Fsp3) is 0.355. The second kappa shape index (κ2) is 15.0. The fourth-order valence-corrected chi connectivity index (χ4v) is 4.50. The van der Waals surface area contributed by atoms with E-state index in [0.29, 0.717) is 35.9 Å². The predicted octanol–water partition coefficient (Wildman–Crippen LogP) is 5.85. The summed E-state index contributed by atoms with van der Waals surface area (Å²) >= 11 is 6.49. The summed E-state index contributed by atoms with van der Waals surface area (Å²) < 4.78 is 10.7. The number of halogens is 1. The average Bonchev–Trinajstić information content (AvgIpc) is 2.94. The first kappa shape index (κ1) is 29.1. The lowest BCUT2D eigenvalue weighted by Crippen LogP contribution is -2.50. The molecule has 0 saturated heterocycles. The maximum atomic E-state index is 13.8. The summed E-state index contributed by atoms with van der Waals surface area (Å²) in [6.07, 6.45) is 2.98. The Morgan fingerprint density at radius 2 is 1.63 bits per heavy atom. The van der Waals surface area contributed by atoms with Crippen molar-refractivity contribution < 1.29 is 19.1 Å². The molecule has 0 aliphatic carbocycles. The second-order valence-electron chi connectivity index (χ2n) is 9.15. The summed E-state index contributed by atoms with van der Waals surface area (Å²) in [5.41, 5.74) is 2.73. The van der Waals surface area contributed by atoms with Gasteiger partial charge in [-0.1, -0.05) is 79.5 Å². The Balaban J connectivity index is 1.90. The first-order valence-electron chi connectivity index (χ1n) is 13.0. The van der Waals surface area contributed by atoms with Gasteiger partial charge in [-0.3, -0.25) is 9.59 Å². The fourth-order valence-electron chi connectivity index (χ4n) is 4.30. The Morgan fingerprint density at radius 1 is 0.921 bits per heavy atom. The van der Waals surface area contributed by atoms with Gasteiger partial charge in [-0.05, 0) is 47.7 Å². The molecule has 0 aromatic heterocycles. The smallest absolute Gasteiger partial charge is 0.243 e. The average molecular weight is 537 g/mol. The summed E-state index contributed by atoms with van der Waals surface area (Å²) in [5.74, 6) is 0.970. The number of hydrogen-bond donors (Lipinski definition) is 1. The van der Waals surface area contributed by atoms with E-state index in [9.17, 15) is 9.59 Å². The van der Waals surface area contributed by atoms with Crippen LogP contribution < -0.4 is 14.8 Å². The van der Waals surface area contributed by atoms with E-state index in [0.717, 1.165) is 29.5 Å². The molecule has 0 aliphatic heterocycles. The van der Waals surface area contributed by atoms with Crippen molar-refractivity contribution >= 4 is 23.4 Å². The predicted molar refractivity (Wildman–Crippen MR) is 152 cm³/mol. The maximum Gasteiger partial charge on any atom is 0.243 e. The van der Waals surface area contributed by atoms with Crippen LogP contribution in [0.3, 0.4) is 0 Å². The summed E-state index contributed by atoms with van der Waals surface area (Å²) in [5, 5.41) is 3.61. The van der Waals surface area contributed by atoms with Gasteiger partial charge in [0.05, 0.1) is 14.2 Å². The largest absolute Gasteiger partial charge is 0.493 e. The summed E-state index contributed by atoms with van der Waals surface area (Å²) in [6.45, 7) is 2.89. The molecule has 38 heavy (non-hydrogen) atoms. The SMILES string of the molecule is CCCCNC(=O)[C@@H](Cc1ccccc1)N(Cc1ccccc1Cl)C(=O)CCc1ccc(OC)c(OC)c1. The number of carbonyl (C=O) groups is 2. The lowest BCUT2D eigenvalue weighted by Gasteiger charge is -2.32. The van der Waals surface area contributed by atoms with Crippen molar-refractivity contribution in [2.45, 2.75) is 51.6 Å². The first-order chi connectivity index (χ1) is 18.5. The van der Waals surface area contributed by atoms with Gasteiger partial charge in [-0.2, -0.15) is 0 Å². The molecule has 0 spiro atoms. The van der Waals surface area contributed by atoms with Crippen molar-refractivity contribution in [3.8, 4) is 11.5 Å². The minimum absolute atomic E-state index is 0.119. The molecule has 0 aliphatic rings. The number of ether oxygens (including phenoxy) is 2. The molecular formula is C31H37ClN2O4. The number of amides is 2. The van der Waals surface area contributed by atoms with E-state index >= 15 is 0 Å². The number of rotatable bonds is 14. The van der Waals surface area contributed by atoms with Crippen molar-refractivity contribution in [2.75, 3.05) is 20.8 Å². The molecule has 0 radical (unpaired) electrons. The topological polar surface area (TPSA) is 67.9 Å². The Labute approximate surface area is 230 Å². The van der Waals surface area contributed by atoms with Gasteiger partial charge < -0.3 is 19.7 Å². The number of aryl methyl sites for hydroxylation is 1. The molecule has 0 fully saturated rings. The zero-order chi connectivity index (χ0) is 27.3. The maximum absolute atomic E-state index is 13.8. The van der Waals surface area contributed by atoms with Gasteiger partial charge in [0.2, 0.25) is 11.8 Å². The highest BCUT2D eigenvalue weighted by atomic mass is 35.5. The molecule has 7 heteroatoms. The van der Waals surface area contributed by atoms with Gasteiger partial charge in [0.15, 0.2) is 11.5 Å². The number of nitrogens with zero attached hydrogens (tertiary/aromatic N) is 1. The minimum atomic E-state index is -0.677. The number of benzene rings is 3. The number of carbonyl (C=O) groups excluding carboxylic acids is 2. The van der Waals surface area contributed by atoms with Gasteiger partial charge in [-0.25, -0.2) is 0 Å². The quantitative estimate of drug-likeness (QED) is 0.263. The zero-order valence-electron chi connectivity index (χ0n) is 22.4. The number of hydrogen-bond acceptors (Lipinski definition) is 4. The van der Waals surface area contributed by atoms with Crippen LogP contribution in [-0.4, -0.2) is 43.5 Å². The minimum Gasteiger partial charge on any atom is -0.493 e. The monoisotopic (exact) mass is 536 g/mol. The van der Waals surface area contributed by atoms with E-state index in [-0.39, 0.29) is 24.8 Å². The molecule has 3 aromatic rings. The van der Waals surface area contributed by atoms with Crippen LogP contribution in [0.1, 0.15) is 42.9 Å². The third kappa shape index (κ3) is 8.25. The second-order valence-corrected chi connectivity index (χ2v) is 9.56. The van der Waals surface area contributed by atoms with Gasteiger partial charge in [-0.15, -0.1) is 0 Å². The van der Waals surface area contributed by atoms with E-state index in [2.05, 4.69) is 12.2 Å². The van der Waals surface area contributed by atoms with Gasteiger partial charge in [0.25, 0.3) is 0 Å². The van der Waals surface area contributed by atoms with E-state index in [1.54, 1.807) is 25.2 Å². The molecule has 1 N–H and O–H groups in total. The third-order valence-electron chi connectivity index (χ3n) is 6.47. The number of nitrogens with one attached hydrogen (secondary N) is 1. The Morgan fingerprint density at radius 3 is 2.32 bits per heavy atom. The van der Waals surface area contributed by atoms with E-state index in [4.69, 9.17) is 21.1 Å². The highest BCUT2D eigenvalue weighted by Gasteiger charge is 2.30. The third-order valence-corrected chi connectivity index (χ3v) is 6.84. The molecule has 6 nitrogen and oxygen atoms in total. The molecule has 3 rings (SSSR count). The Kier molecular flexibility index (Phi) is 11.5. The highest BCUT2D eigenvalue weighted by molar-refractivity contribution is 6.31. The van der Waals surface area contributed by atoms with Crippen molar-refractivity contribution in [1.29, 1.82) is 0 Å². The lowest BCUT2D eigenvalue weighted by atomic mass is 10.0. The lowest BCUT2D eigenvalue weighted by molar-refractivity contribution is -0.141. The summed E-state index contributed by atoms with van der Waals surface area (Å²) in [6, 6.07) is 22.2. The van der Waals surface area contributed by atoms with Crippen LogP contribution in [0.4, 0.5) is 0 Å². The molecule has 0 heterocycles. The van der Waals surface area contributed by atoms with Crippen molar-refractivity contribution in [3.05, 3.63) is 94.5 Å². The molecule has 0 saturated carbocycles. The van der Waals surface area contributed by atoms with E-state index < -0.39 is 6.04 Å². The van der Waals surface area contributed by atoms with Crippen LogP contribution in [0.5, 0.6) is 11.5 Å². The van der Waals surface area contributed by atoms with Crippen LogP contribution in [0.2, 0.25) is 5.02 Å². The molecule has 0 bridgehead atoms. The van der Waals surface area contributed by atoms with E-state index in [1.807, 2.05) is 66.7 Å². The molecule has 2 amide bonds. The molecule has 0 unspecified atom stereocenters. The highest BCUT2D eigenvalue weighted by Crippen LogP contribution is 2.28. The Bertz CT molecular complexity index is 1190. The van der Waals surface area contributed by atoms with Crippen molar-refractivity contribution in [2.24, 2.45) is 0 Å². The molecule has 202 valence electrons. The van der Waals surface area contributed by atoms with E-state index in [1.165, 1.54) is 0 Å². The molecule has 3 aromatic carbocycles. The summed E-state index contributed by atoms with van der Waals surface area (Å²) in [7, 11) is 3.18. The van der Waals surface area contributed by atoms with Crippen LogP contribution in [0.25, 0.3) is 0 Å². The Hall–Kier alpha value is -3.51. The van der Waals surface area contributed by atoms with Crippen LogP contribution in [0.15, 0.2) is 72.8 Å². The van der Waals surface area contributed by atoms with Crippen LogP contribution in [0, 0.1) is 0 Å². The normalized spacial score (nSPS) is 11.5. The first-order valence-corrected chi connectivity index (χ1v) is 13.4. The number of methoxy groups -OCH3 is 2. The molecular weight excluding hydrogens is 500 g/mol. The van der Waals surface area contributed by atoms with Gasteiger partial charge >= 0.3 is 0 Å². The standard InChI is InChI=1S/C31H37ClN2O4/c1-4-5-19-33-31(36)27(20-23-11-7-6-8-12-23)34(22-25-13-9-10-14-26(25)32)30(35)18-16-24-15-17-28(37-2)29(21-24)38-3/h6-15,17,21,27H,4-5,16,18-20,22H2,1-3H3,(H,33,36)/t27-/m1/s1. The molecule has 1 atom stereocenters. The summed E-state index contributed by atoms with van der Waals surface area (Å²) in [4.78, 5) is 29.0.